The molecule has 0 spiro atoms. The molecule has 2 rings (SSSR count). The minimum Gasteiger partial charge on any atom is -0.339 e. The summed E-state index contributed by atoms with van der Waals surface area (Å²) in [6.07, 6.45) is -1.09. The molecule has 0 aliphatic rings. The maximum atomic E-state index is 12.4. The SMILES string of the molecule is CC(=O)c1ccc(NC(=S)N[C@@H](NC(=O)c2ccc(Br)cc2)C(Cl)(Cl)Cl)cc1. The van der Waals surface area contributed by atoms with Crippen LogP contribution in [0, 0.1) is 0 Å². The van der Waals surface area contributed by atoms with Crippen LogP contribution in [0.4, 0.5) is 5.69 Å². The van der Waals surface area contributed by atoms with Crippen molar-refractivity contribution in [2.45, 2.75) is 16.9 Å². The monoisotopic (exact) mass is 521 g/mol. The zero-order valence-corrected chi connectivity index (χ0v) is 19.1. The smallest absolute Gasteiger partial charge is 0.252 e. The fourth-order valence-corrected chi connectivity index (χ4v) is 2.93. The summed E-state index contributed by atoms with van der Waals surface area (Å²) >= 11 is 26.5. The molecule has 5 nitrogen and oxygen atoms in total. The molecule has 3 N–H and O–H groups in total. The van der Waals surface area contributed by atoms with E-state index >= 15 is 0 Å². The van der Waals surface area contributed by atoms with Gasteiger partial charge >= 0.3 is 0 Å². The molecule has 10 heteroatoms. The van der Waals surface area contributed by atoms with Gasteiger partial charge in [0.1, 0.15) is 6.17 Å². The molecule has 1 amide bonds. The second-order valence-electron chi connectivity index (χ2n) is 5.69. The van der Waals surface area contributed by atoms with Crippen molar-refractivity contribution in [2.24, 2.45) is 0 Å². The summed E-state index contributed by atoms with van der Waals surface area (Å²) in [7, 11) is 0. The molecule has 0 aromatic heterocycles. The van der Waals surface area contributed by atoms with Crippen LogP contribution in [0.15, 0.2) is 53.0 Å². The molecule has 0 radical (unpaired) electrons. The van der Waals surface area contributed by atoms with Gasteiger partial charge in [-0.15, -0.1) is 0 Å². The molecular formula is C18H15BrCl3N3O2S. The highest BCUT2D eigenvalue weighted by Gasteiger charge is 2.34. The van der Waals surface area contributed by atoms with Gasteiger partial charge in [-0.05, 0) is 67.7 Å². The van der Waals surface area contributed by atoms with Crippen molar-refractivity contribution >= 4 is 85.4 Å². The molecule has 148 valence electrons. The number of thiocarbonyl (C=S) groups is 1. The number of ketones is 1. The number of rotatable bonds is 5. The van der Waals surface area contributed by atoms with Gasteiger partial charge in [0.05, 0.1) is 0 Å². The Morgan fingerprint density at radius 2 is 1.50 bits per heavy atom. The molecule has 0 aliphatic heterocycles. The second kappa shape index (κ2) is 9.89. The number of anilines is 1. The summed E-state index contributed by atoms with van der Waals surface area (Å²) < 4.78 is -1.03. The molecule has 28 heavy (non-hydrogen) atoms. The topological polar surface area (TPSA) is 70.2 Å². The highest BCUT2D eigenvalue weighted by Crippen LogP contribution is 2.29. The minimum atomic E-state index is -1.87. The molecule has 2 aromatic carbocycles. The van der Waals surface area contributed by atoms with Crippen LogP contribution >= 0.6 is 63.0 Å². The van der Waals surface area contributed by atoms with Gasteiger partial charge in [0, 0.05) is 21.3 Å². The van der Waals surface area contributed by atoms with Crippen LogP contribution in [0.3, 0.4) is 0 Å². The molecule has 2 aromatic rings. The first kappa shape index (κ1) is 22.9. The lowest BCUT2D eigenvalue weighted by Gasteiger charge is -2.27. The normalized spacial score (nSPS) is 12.0. The Bertz CT molecular complexity index is 871. The van der Waals surface area contributed by atoms with E-state index in [-0.39, 0.29) is 10.9 Å². The van der Waals surface area contributed by atoms with Crippen LogP contribution in [0.25, 0.3) is 0 Å². The van der Waals surface area contributed by atoms with Crippen molar-refractivity contribution in [3.63, 3.8) is 0 Å². The summed E-state index contributed by atoms with van der Waals surface area (Å²) in [4.78, 5) is 23.7. The Morgan fingerprint density at radius 3 is 2.00 bits per heavy atom. The minimum absolute atomic E-state index is 0.0424. The Kier molecular flexibility index (Phi) is 8.09. The summed E-state index contributed by atoms with van der Waals surface area (Å²) in [6.45, 7) is 1.48. The van der Waals surface area contributed by atoms with Crippen LogP contribution in [0.1, 0.15) is 27.6 Å². The molecule has 0 saturated heterocycles. The maximum Gasteiger partial charge on any atom is 0.252 e. The van der Waals surface area contributed by atoms with Gasteiger partial charge in [-0.3, -0.25) is 9.59 Å². The Labute approximate surface area is 191 Å². The largest absolute Gasteiger partial charge is 0.339 e. The van der Waals surface area contributed by atoms with Crippen molar-refractivity contribution in [3.05, 3.63) is 64.1 Å². The number of Topliss-reactive ketones (excluding diaryl/α,β-unsaturated/α-hetero) is 1. The van der Waals surface area contributed by atoms with Crippen molar-refractivity contribution in [2.75, 3.05) is 5.32 Å². The van der Waals surface area contributed by atoms with Crippen LogP contribution in [-0.2, 0) is 0 Å². The lowest BCUT2D eigenvalue weighted by atomic mass is 10.1. The number of amides is 1. The van der Waals surface area contributed by atoms with Crippen molar-refractivity contribution in [1.29, 1.82) is 0 Å². The number of hydrogen-bond donors (Lipinski definition) is 3. The van der Waals surface area contributed by atoms with Gasteiger partial charge in [0.2, 0.25) is 3.79 Å². The standard InChI is InChI=1S/C18H15BrCl3N3O2S/c1-10(26)11-4-8-14(9-5-11)23-17(28)25-16(18(20,21)22)24-15(27)12-2-6-13(19)7-3-12/h2-9,16H,1H3,(H,24,27)(H2,23,25,28)/t16-/m1/s1. The predicted molar refractivity (Wildman–Crippen MR) is 121 cm³/mol. The lowest BCUT2D eigenvalue weighted by Crippen LogP contribution is -2.56. The van der Waals surface area contributed by atoms with Crippen LogP contribution < -0.4 is 16.0 Å². The Morgan fingerprint density at radius 1 is 0.964 bits per heavy atom. The van der Waals surface area contributed by atoms with Gasteiger partial charge in [-0.1, -0.05) is 50.7 Å². The third-order valence-corrected chi connectivity index (χ3v) is 4.94. The van der Waals surface area contributed by atoms with Crippen LogP contribution in [0.2, 0.25) is 0 Å². The summed E-state index contributed by atoms with van der Waals surface area (Å²) in [5.41, 5.74) is 1.60. The third kappa shape index (κ3) is 6.90. The maximum absolute atomic E-state index is 12.4. The number of carbonyl (C=O) groups is 2. The molecule has 0 unspecified atom stereocenters. The van der Waals surface area contributed by atoms with Crippen LogP contribution in [0.5, 0.6) is 0 Å². The number of benzene rings is 2. The van der Waals surface area contributed by atoms with Crippen molar-refractivity contribution in [3.8, 4) is 0 Å². The van der Waals surface area contributed by atoms with E-state index in [1.807, 2.05) is 0 Å². The zero-order valence-electron chi connectivity index (χ0n) is 14.4. The van der Waals surface area contributed by atoms with E-state index in [1.54, 1.807) is 48.5 Å². The van der Waals surface area contributed by atoms with Gasteiger partial charge in [-0.2, -0.15) is 0 Å². The summed E-state index contributed by atoms with van der Waals surface area (Å²) in [6, 6.07) is 13.4. The van der Waals surface area contributed by atoms with Crippen molar-refractivity contribution in [1.82, 2.24) is 10.6 Å². The first-order valence-corrected chi connectivity index (χ1v) is 10.2. The van der Waals surface area contributed by atoms with Gasteiger partial charge < -0.3 is 16.0 Å². The van der Waals surface area contributed by atoms with E-state index in [0.717, 1.165) is 4.47 Å². The molecule has 0 heterocycles. The first-order chi connectivity index (χ1) is 13.1. The van der Waals surface area contributed by atoms with Gasteiger partial charge in [0.25, 0.3) is 5.91 Å². The predicted octanol–water partition coefficient (Wildman–Crippen LogP) is 5.06. The number of nitrogens with one attached hydrogen (secondary N) is 3. The molecule has 0 aliphatic carbocycles. The number of carbonyl (C=O) groups excluding carboxylic acids is 2. The number of alkyl halides is 3. The number of hydrogen-bond acceptors (Lipinski definition) is 3. The molecule has 0 fully saturated rings. The average molecular weight is 524 g/mol. The molecular weight excluding hydrogens is 509 g/mol. The molecule has 0 saturated carbocycles. The second-order valence-corrected chi connectivity index (χ2v) is 9.38. The summed E-state index contributed by atoms with van der Waals surface area (Å²) in [5.74, 6) is -0.482. The van der Waals surface area contributed by atoms with Crippen LogP contribution in [-0.4, -0.2) is 26.8 Å². The Hall–Kier alpha value is -1.38. The lowest BCUT2D eigenvalue weighted by molar-refractivity contribution is 0.0933. The highest BCUT2D eigenvalue weighted by atomic mass is 79.9. The van der Waals surface area contributed by atoms with Gasteiger partial charge in [0.15, 0.2) is 10.9 Å². The van der Waals surface area contributed by atoms with Crippen molar-refractivity contribution < 1.29 is 9.59 Å². The quantitative estimate of drug-likeness (QED) is 0.221. The molecule has 0 bridgehead atoms. The molecule has 1 atom stereocenters. The van der Waals surface area contributed by atoms with E-state index in [1.165, 1.54) is 6.92 Å². The van der Waals surface area contributed by atoms with E-state index < -0.39 is 15.9 Å². The fraction of sp³-hybridized carbons (Fsp3) is 0.167. The fourth-order valence-electron chi connectivity index (χ4n) is 2.10. The zero-order chi connectivity index (χ0) is 20.9. The average Bonchev–Trinajstić information content (AvgIpc) is 2.61. The third-order valence-electron chi connectivity index (χ3n) is 3.53. The van der Waals surface area contributed by atoms with E-state index in [9.17, 15) is 9.59 Å². The van der Waals surface area contributed by atoms with E-state index in [2.05, 4.69) is 31.9 Å². The first-order valence-electron chi connectivity index (χ1n) is 7.88. The van der Waals surface area contributed by atoms with E-state index in [0.29, 0.717) is 16.8 Å². The van der Waals surface area contributed by atoms with Gasteiger partial charge in [-0.25, -0.2) is 0 Å². The number of halogens is 4. The highest BCUT2D eigenvalue weighted by molar-refractivity contribution is 9.10. The summed E-state index contributed by atoms with van der Waals surface area (Å²) in [5, 5.41) is 8.41. The Balaban J connectivity index is 2.04. The van der Waals surface area contributed by atoms with E-state index in [4.69, 9.17) is 47.0 Å².